The van der Waals surface area contributed by atoms with Crippen LogP contribution in [0.2, 0.25) is 0 Å². The molecule has 0 bridgehead atoms. The van der Waals surface area contributed by atoms with Crippen molar-refractivity contribution in [3.05, 3.63) is 59.7 Å². The van der Waals surface area contributed by atoms with Gasteiger partial charge in [-0.15, -0.1) is 0 Å². The molecule has 1 atom stereocenters. The van der Waals surface area contributed by atoms with Crippen LogP contribution in [0.25, 0.3) is 5.70 Å². The number of hydrogen-bond donors (Lipinski definition) is 3. The van der Waals surface area contributed by atoms with E-state index in [0.29, 0.717) is 48.0 Å². The highest BCUT2D eigenvalue weighted by Gasteiger charge is 2.24. The highest BCUT2D eigenvalue weighted by Crippen LogP contribution is 2.32. The Balaban J connectivity index is 1.53. The fraction of sp³-hybridized carbons (Fsp3) is 0.318. The highest BCUT2D eigenvalue weighted by atomic mass is 19.1. The number of nitrogens with one attached hydrogen (secondary N) is 1. The summed E-state index contributed by atoms with van der Waals surface area (Å²) in [6.45, 7) is 1.08. The zero-order valence-electron chi connectivity index (χ0n) is 16.5. The predicted octanol–water partition coefficient (Wildman–Crippen LogP) is 2.46. The molecule has 7 nitrogen and oxygen atoms in total. The topological polar surface area (TPSA) is 104 Å². The van der Waals surface area contributed by atoms with Crippen LogP contribution >= 0.6 is 0 Å². The number of aromatic nitrogens is 1. The summed E-state index contributed by atoms with van der Waals surface area (Å²) in [4.78, 5) is 23.2. The number of hydrogen-bond acceptors (Lipinski definition) is 6. The van der Waals surface area contributed by atoms with E-state index in [1.165, 1.54) is 6.07 Å². The van der Waals surface area contributed by atoms with E-state index in [2.05, 4.69) is 15.3 Å². The number of anilines is 2. The Morgan fingerprint density at radius 2 is 2.23 bits per heavy atom. The van der Waals surface area contributed by atoms with Crippen LogP contribution in [0.3, 0.4) is 0 Å². The lowest BCUT2D eigenvalue weighted by atomic mass is 10.1. The molecule has 2 aliphatic heterocycles. The summed E-state index contributed by atoms with van der Waals surface area (Å²) in [7, 11) is 0. The summed E-state index contributed by atoms with van der Waals surface area (Å²) in [5, 5.41) is 12.1. The van der Waals surface area contributed by atoms with Crippen molar-refractivity contribution in [3.63, 3.8) is 0 Å². The second kappa shape index (κ2) is 8.73. The Bertz CT molecular complexity index is 1020. The van der Waals surface area contributed by atoms with Gasteiger partial charge in [-0.2, -0.15) is 0 Å². The van der Waals surface area contributed by atoms with Gasteiger partial charge in [0.05, 0.1) is 29.4 Å². The number of rotatable bonds is 5. The normalized spacial score (nSPS) is 18.8. The van der Waals surface area contributed by atoms with Crippen LogP contribution in [0.15, 0.2) is 47.6 Å². The zero-order chi connectivity index (χ0) is 21.1. The number of aliphatic imine (C=N–C) groups is 1. The number of amides is 1. The molecule has 156 valence electrons. The first-order valence-electron chi connectivity index (χ1n) is 9.99. The molecule has 0 aliphatic carbocycles. The summed E-state index contributed by atoms with van der Waals surface area (Å²) in [5.74, 6) is -0.756. The molecule has 4 rings (SSSR count). The van der Waals surface area contributed by atoms with Gasteiger partial charge in [-0.05, 0) is 37.1 Å². The fourth-order valence-electron chi connectivity index (χ4n) is 3.83. The van der Waals surface area contributed by atoms with E-state index in [0.717, 1.165) is 18.4 Å². The van der Waals surface area contributed by atoms with Crippen LogP contribution in [-0.2, 0) is 11.4 Å². The molecular formula is C22H24FN5O2. The van der Waals surface area contributed by atoms with Crippen LogP contribution in [-0.4, -0.2) is 40.8 Å². The van der Waals surface area contributed by atoms with Crippen LogP contribution in [0.1, 0.15) is 30.5 Å². The average molecular weight is 409 g/mol. The second-order valence-corrected chi connectivity index (χ2v) is 7.48. The lowest BCUT2D eigenvalue weighted by Crippen LogP contribution is -2.43. The van der Waals surface area contributed by atoms with Gasteiger partial charge in [-0.25, -0.2) is 9.38 Å². The molecule has 8 heteroatoms. The molecule has 3 heterocycles. The van der Waals surface area contributed by atoms with Crippen molar-refractivity contribution < 1.29 is 14.3 Å². The number of benzene rings is 1. The molecule has 30 heavy (non-hydrogen) atoms. The number of pyridine rings is 1. The SMILES string of the molecule is N[C@@H]1CCCN(c2c(F)cccc2NC(=O)C2=NC(c3ccnc(CO)c3)=CC2)C1. The molecule has 2 aliphatic rings. The molecular weight excluding hydrogens is 385 g/mol. The number of piperidine rings is 1. The van der Waals surface area contributed by atoms with Gasteiger partial charge in [0.15, 0.2) is 0 Å². The Labute approximate surface area is 174 Å². The smallest absolute Gasteiger partial charge is 0.270 e. The van der Waals surface area contributed by atoms with Crippen LogP contribution in [0.5, 0.6) is 0 Å². The van der Waals surface area contributed by atoms with Crippen molar-refractivity contribution >= 4 is 28.7 Å². The molecule has 1 amide bonds. The standard InChI is InChI=1S/C22H24FN5O2/c23-17-4-1-5-19(21(17)28-10-2-3-15(24)12-28)27-22(30)20-7-6-18(26-20)14-8-9-25-16(11-14)13-29/h1,4-6,8-9,11,15,29H,2-3,7,10,12-13,24H2,(H,27,30)/t15-/m1/s1. The van der Waals surface area contributed by atoms with Crippen molar-refractivity contribution in [2.45, 2.75) is 31.9 Å². The molecule has 1 fully saturated rings. The molecule has 2 aromatic rings. The predicted molar refractivity (Wildman–Crippen MR) is 115 cm³/mol. The number of aliphatic hydroxyl groups is 1. The maximum atomic E-state index is 14.6. The maximum absolute atomic E-state index is 14.6. The molecule has 4 N–H and O–H groups in total. The first-order chi connectivity index (χ1) is 14.5. The largest absolute Gasteiger partial charge is 0.390 e. The summed E-state index contributed by atoms with van der Waals surface area (Å²) in [6.07, 6.45) is 5.60. The Kier molecular flexibility index (Phi) is 5.87. The average Bonchev–Trinajstić information content (AvgIpc) is 3.24. The summed E-state index contributed by atoms with van der Waals surface area (Å²) in [5.41, 5.74) is 9.15. The minimum atomic E-state index is -0.387. The third kappa shape index (κ3) is 4.24. The van der Waals surface area contributed by atoms with E-state index in [4.69, 9.17) is 5.73 Å². The van der Waals surface area contributed by atoms with Crippen LogP contribution in [0.4, 0.5) is 15.8 Å². The summed E-state index contributed by atoms with van der Waals surface area (Å²) >= 11 is 0. The number of allylic oxidation sites excluding steroid dienone is 1. The van der Waals surface area contributed by atoms with E-state index in [1.54, 1.807) is 30.5 Å². The van der Waals surface area contributed by atoms with Gasteiger partial charge in [0, 0.05) is 37.3 Å². The molecule has 1 aromatic heterocycles. The lowest BCUT2D eigenvalue weighted by molar-refractivity contribution is -0.110. The molecule has 0 saturated carbocycles. The van der Waals surface area contributed by atoms with Gasteiger partial charge in [0.1, 0.15) is 11.5 Å². The van der Waals surface area contributed by atoms with Crippen molar-refractivity contribution in [2.75, 3.05) is 23.3 Å². The first-order valence-corrected chi connectivity index (χ1v) is 9.99. The summed E-state index contributed by atoms with van der Waals surface area (Å²) < 4.78 is 14.6. The number of carbonyl (C=O) groups excluding carboxylic acids is 1. The van der Waals surface area contributed by atoms with Gasteiger partial charge in [-0.3, -0.25) is 9.78 Å². The van der Waals surface area contributed by atoms with Crippen molar-refractivity contribution in [3.8, 4) is 0 Å². The highest BCUT2D eigenvalue weighted by molar-refractivity contribution is 6.45. The minimum absolute atomic E-state index is 0.0166. The van der Waals surface area contributed by atoms with Crippen molar-refractivity contribution in [1.29, 1.82) is 0 Å². The van der Waals surface area contributed by atoms with E-state index in [9.17, 15) is 14.3 Å². The van der Waals surface area contributed by atoms with E-state index in [1.807, 2.05) is 11.0 Å². The van der Waals surface area contributed by atoms with Gasteiger partial charge >= 0.3 is 0 Å². The number of nitrogens with two attached hydrogens (primary N) is 1. The molecule has 0 radical (unpaired) electrons. The maximum Gasteiger partial charge on any atom is 0.270 e. The van der Waals surface area contributed by atoms with Gasteiger partial charge in [0.25, 0.3) is 5.91 Å². The van der Waals surface area contributed by atoms with E-state index in [-0.39, 0.29) is 24.4 Å². The van der Waals surface area contributed by atoms with Gasteiger partial charge in [-0.1, -0.05) is 12.1 Å². The van der Waals surface area contributed by atoms with Gasteiger partial charge in [0.2, 0.25) is 0 Å². The third-order valence-corrected chi connectivity index (χ3v) is 5.29. The Morgan fingerprint density at radius 3 is 3.03 bits per heavy atom. The molecule has 1 aromatic carbocycles. The number of para-hydroxylation sites is 1. The second-order valence-electron chi connectivity index (χ2n) is 7.48. The number of halogens is 1. The van der Waals surface area contributed by atoms with Gasteiger partial charge < -0.3 is 21.1 Å². The number of nitrogens with zero attached hydrogens (tertiary/aromatic N) is 3. The molecule has 1 saturated heterocycles. The molecule has 0 unspecified atom stereocenters. The summed E-state index contributed by atoms with van der Waals surface area (Å²) in [6, 6.07) is 8.15. The Morgan fingerprint density at radius 1 is 1.37 bits per heavy atom. The number of aliphatic hydroxyl groups excluding tert-OH is 1. The first kappa shape index (κ1) is 20.2. The van der Waals surface area contributed by atoms with Crippen LogP contribution < -0.4 is 16.0 Å². The van der Waals surface area contributed by atoms with E-state index >= 15 is 0 Å². The van der Waals surface area contributed by atoms with E-state index < -0.39 is 0 Å². The van der Waals surface area contributed by atoms with Crippen LogP contribution in [0, 0.1) is 5.82 Å². The quantitative estimate of drug-likeness (QED) is 0.704. The third-order valence-electron chi connectivity index (χ3n) is 5.29. The fourth-order valence-corrected chi connectivity index (χ4v) is 3.83. The van der Waals surface area contributed by atoms with Crippen molar-refractivity contribution in [2.24, 2.45) is 10.7 Å². The zero-order valence-corrected chi connectivity index (χ0v) is 16.5. The lowest BCUT2D eigenvalue weighted by Gasteiger charge is -2.34. The minimum Gasteiger partial charge on any atom is -0.390 e. The number of carbonyl (C=O) groups is 1. The monoisotopic (exact) mass is 409 g/mol. The molecule has 0 spiro atoms. The van der Waals surface area contributed by atoms with Crippen molar-refractivity contribution in [1.82, 2.24) is 4.98 Å². The Hall–Kier alpha value is -3.10.